The first-order chi connectivity index (χ1) is 30.3. The summed E-state index contributed by atoms with van der Waals surface area (Å²) in [6.07, 6.45) is 4.86. The van der Waals surface area contributed by atoms with Crippen LogP contribution >= 0.6 is 11.3 Å². The fourth-order valence-electron chi connectivity index (χ4n) is 6.88. The molecule has 4 heterocycles. The van der Waals surface area contributed by atoms with Crippen molar-refractivity contribution in [3.8, 4) is 11.5 Å². The van der Waals surface area contributed by atoms with Crippen molar-refractivity contribution in [1.29, 1.82) is 0 Å². The highest BCUT2D eigenvalue weighted by Gasteiger charge is 2.37. The summed E-state index contributed by atoms with van der Waals surface area (Å²) < 4.78 is 23.6. The van der Waals surface area contributed by atoms with E-state index in [0.717, 1.165) is 5.01 Å². The standard InChI is InChI=1S/C44H57N11O7SSi/c1-11-29-37(63-26(4)47-29)41(59)51-43-49-31-22-28(39(46)57)24-34(61-18-15-19-62-64(9,10)44(5,6)7)36(31)54(43)17-14-13-16-53-35-30(21-27(38(45)56)23-33(35)60-8)48-42(53)50-40(58)32-20-25(3)52-55(32)12-2/h13-14,20-24H,11-12,15-19H2,1-10H3,(H2,45,56)(H2,46,57)(H,48,50,58)(H,49,51,59)/b14-13+. The van der Waals surface area contributed by atoms with Gasteiger partial charge in [-0.3, -0.25) is 34.5 Å². The number of allylic oxidation sites excluding steroid dienone is 2. The van der Waals surface area contributed by atoms with Crippen molar-refractivity contribution < 1.29 is 33.1 Å². The summed E-state index contributed by atoms with van der Waals surface area (Å²) in [5.41, 5.74) is 15.3. The summed E-state index contributed by atoms with van der Waals surface area (Å²) in [7, 11) is -0.524. The van der Waals surface area contributed by atoms with Crippen LogP contribution in [-0.4, -0.2) is 86.1 Å². The molecule has 6 rings (SSSR count). The SMILES string of the molecule is CCc1nc(C)sc1C(=O)Nc1nc2cc(C(N)=O)cc(OCCCO[Si](C)(C)C(C)(C)C)c2n1C/C=C/Cn1c(NC(=O)c2cc(C)nn2CC)nc2cc(C(N)=O)cc(OC)c21. The van der Waals surface area contributed by atoms with Gasteiger partial charge >= 0.3 is 0 Å². The summed E-state index contributed by atoms with van der Waals surface area (Å²) in [6.45, 7) is 20.0. The molecule has 0 radical (unpaired) electrons. The van der Waals surface area contributed by atoms with E-state index in [0.29, 0.717) is 81.5 Å². The molecule has 18 nitrogen and oxygen atoms in total. The molecule has 2 aromatic carbocycles. The molecule has 340 valence electrons. The maximum Gasteiger partial charge on any atom is 0.276 e. The molecule has 0 fully saturated rings. The molecule has 20 heteroatoms. The number of nitrogens with one attached hydrogen (secondary N) is 2. The maximum absolute atomic E-state index is 13.9. The van der Waals surface area contributed by atoms with Crippen molar-refractivity contribution in [2.24, 2.45) is 11.5 Å². The zero-order chi connectivity index (χ0) is 46.7. The summed E-state index contributed by atoms with van der Waals surface area (Å²) in [5.74, 6) is -1.08. The molecule has 0 spiro atoms. The number of carbonyl (C=O) groups is 4. The van der Waals surface area contributed by atoms with E-state index in [2.05, 4.69) is 54.6 Å². The number of aryl methyl sites for hydroxylation is 4. The number of amides is 4. The lowest BCUT2D eigenvalue weighted by atomic mass is 10.1. The lowest BCUT2D eigenvalue weighted by Gasteiger charge is -2.36. The van der Waals surface area contributed by atoms with E-state index in [4.69, 9.17) is 35.3 Å². The number of benzene rings is 2. The highest BCUT2D eigenvalue weighted by Crippen LogP contribution is 2.37. The second kappa shape index (κ2) is 19.2. The summed E-state index contributed by atoms with van der Waals surface area (Å²) in [6, 6.07) is 7.91. The van der Waals surface area contributed by atoms with Gasteiger partial charge in [0.15, 0.2) is 8.32 Å². The number of ether oxygens (including phenoxy) is 2. The number of nitrogens with two attached hydrogens (primary N) is 2. The van der Waals surface area contributed by atoms with Gasteiger partial charge in [-0.1, -0.05) is 39.8 Å². The zero-order valence-corrected chi connectivity index (χ0v) is 39.9. The number of thiazole rings is 1. The van der Waals surface area contributed by atoms with Gasteiger partial charge in [0, 0.05) is 43.8 Å². The number of carbonyl (C=O) groups excluding carboxylic acids is 4. The Hall–Kier alpha value is -6.38. The van der Waals surface area contributed by atoms with Crippen molar-refractivity contribution in [2.45, 2.75) is 99.1 Å². The van der Waals surface area contributed by atoms with E-state index in [1.807, 2.05) is 32.9 Å². The monoisotopic (exact) mass is 911 g/mol. The third kappa shape index (κ3) is 10.0. The number of fused-ring (bicyclic) bond motifs is 2. The van der Waals surface area contributed by atoms with Gasteiger partial charge in [0.2, 0.25) is 23.7 Å². The molecule has 4 amide bonds. The minimum absolute atomic E-state index is 0.0476. The molecule has 0 aliphatic heterocycles. The van der Waals surface area contributed by atoms with Gasteiger partial charge in [-0.05, 0) is 75.7 Å². The molecule has 0 saturated carbocycles. The van der Waals surface area contributed by atoms with E-state index >= 15 is 0 Å². The largest absolute Gasteiger partial charge is 0.494 e. The number of primary amides is 2. The van der Waals surface area contributed by atoms with Gasteiger partial charge in [-0.2, -0.15) is 5.10 Å². The molecule has 64 heavy (non-hydrogen) atoms. The van der Waals surface area contributed by atoms with Gasteiger partial charge < -0.3 is 34.5 Å². The fraction of sp³-hybridized carbons (Fsp3) is 0.409. The van der Waals surface area contributed by atoms with Crippen LogP contribution in [0.4, 0.5) is 11.9 Å². The lowest BCUT2D eigenvalue weighted by Crippen LogP contribution is -2.41. The Morgan fingerprint density at radius 1 is 0.812 bits per heavy atom. The fourth-order valence-corrected chi connectivity index (χ4v) is 8.87. The first-order valence-corrected chi connectivity index (χ1v) is 24.8. The number of methoxy groups -OCH3 is 1. The molecule has 0 saturated heterocycles. The van der Waals surface area contributed by atoms with Crippen LogP contribution in [0.15, 0.2) is 42.5 Å². The number of anilines is 2. The summed E-state index contributed by atoms with van der Waals surface area (Å²) in [4.78, 5) is 66.9. The molecule has 6 aromatic rings. The molecule has 4 aromatic heterocycles. The lowest BCUT2D eigenvalue weighted by molar-refractivity contribution is 0.0991. The van der Waals surface area contributed by atoms with E-state index in [-0.39, 0.29) is 53.7 Å². The van der Waals surface area contributed by atoms with Crippen LogP contribution in [0.2, 0.25) is 18.1 Å². The van der Waals surface area contributed by atoms with Crippen LogP contribution in [0.5, 0.6) is 11.5 Å². The minimum Gasteiger partial charge on any atom is -0.494 e. The number of aromatic nitrogens is 7. The number of imidazole rings is 2. The van der Waals surface area contributed by atoms with Gasteiger partial charge in [0.25, 0.3) is 11.8 Å². The predicted octanol–water partition coefficient (Wildman–Crippen LogP) is 7.00. The van der Waals surface area contributed by atoms with Gasteiger partial charge in [0.05, 0.1) is 41.1 Å². The Bertz CT molecular complexity index is 2780. The Morgan fingerprint density at radius 3 is 1.91 bits per heavy atom. The van der Waals surface area contributed by atoms with Gasteiger partial charge in [-0.25, -0.2) is 15.0 Å². The average Bonchev–Trinajstić information content (AvgIpc) is 4.00. The van der Waals surface area contributed by atoms with Crippen molar-refractivity contribution >= 4 is 77.2 Å². The molecular formula is C44H57N11O7SSi. The molecule has 0 aliphatic carbocycles. The second-order valence-electron chi connectivity index (χ2n) is 16.7. The second-order valence-corrected chi connectivity index (χ2v) is 22.8. The van der Waals surface area contributed by atoms with Gasteiger partial charge in [0.1, 0.15) is 33.1 Å². The Kier molecular flexibility index (Phi) is 14.1. The third-order valence-electron chi connectivity index (χ3n) is 11.2. The molecule has 0 unspecified atom stereocenters. The molecule has 6 N–H and O–H groups in total. The highest BCUT2D eigenvalue weighted by molar-refractivity contribution is 7.13. The Morgan fingerprint density at radius 2 is 1.38 bits per heavy atom. The normalized spacial score (nSPS) is 12.1. The summed E-state index contributed by atoms with van der Waals surface area (Å²) >= 11 is 1.29. The first-order valence-electron chi connectivity index (χ1n) is 21.0. The minimum atomic E-state index is -1.99. The zero-order valence-electron chi connectivity index (χ0n) is 38.0. The number of hydrogen-bond donors (Lipinski definition) is 4. The topological polar surface area (TPSA) is 238 Å². The maximum atomic E-state index is 13.9. The van der Waals surface area contributed by atoms with Crippen LogP contribution in [0.25, 0.3) is 22.1 Å². The van der Waals surface area contributed by atoms with Crippen LogP contribution in [0, 0.1) is 13.8 Å². The Labute approximate surface area is 376 Å². The number of hydrogen-bond acceptors (Lipinski definition) is 12. The summed E-state index contributed by atoms with van der Waals surface area (Å²) in [5, 5.41) is 11.1. The van der Waals surface area contributed by atoms with Crippen molar-refractivity contribution in [1.82, 2.24) is 33.9 Å². The van der Waals surface area contributed by atoms with Crippen molar-refractivity contribution in [2.75, 3.05) is 31.0 Å². The number of rotatable bonds is 19. The van der Waals surface area contributed by atoms with E-state index in [9.17, 15) is 19.2 Å². The smallest absolute Gasteiger partial charge is 0.276 e. The molecular weight excluding hydrogens is 855 g/mol. The van der Waals surface area contributed by atoms with E-state index in [1.54, 1.807) is 45.0 Å². The van der Waals surface area contributed by atoms with Crippen molar-refractivity contribution in [3.63, 3.8) is 0 Å². The predicted molar refractivity (Wildman–Crippen MR) is 250 cm³/mol. The third-order valence-corrected chi connectivity index (χ3v) is 16.7. The van der Waals surface area contributed by atoms with E-state index in [1.165, 1.54) is 24.5 Å². The van der Waals surface area contributed by atoms with Crippen molar-refractivity contribution in [3.05, 3.63) is 80.6 Å². The molecule has 0 atom stereocenters. The van der Waals surface area contributed by atoms with Gasteiger partial charge in [-0.15, -0.1) is 11.3 Å². The Balaban J connectivity index is 1.39. The van der Waals surface area contributed by atoms with Crippen LogP contribution in [0.1, 0.15) is 98.3 Å². The molecule has 0 aliphatic rings. The van der Waals surface area contributed by atoms with E-state index < -0.39 is 26.0 Å². The highest BCUT2D eigenvalue weighted by atomic mass is 32.1. The first kappa shape index (κ1) is 47.1. The van der Waals surface area contributed by atoms with Crippen LogP contribution in [0.3, 0.4) is 0 Å². The molecule has 0 bridgehead atoms. The number of nitrogens with zero attached hydrogens (tertiary/aromatic N) is 7. The quantitative estimate of drug-likeness (QED) is 0.0367. The average molecular weight is 912 g/mol. The van der Waals surface area contributed by atoms with Crippen LogP contribution < -0.4 is 31.6 Å². The van der Waals surface area contributed by atoms with Crippen LogP contribution in [-0.2, 0) is 30.5 Å².